The van der Waals surface area contributed by atoms with Gasteiger partial charge in [0.2, 0.25) is 0 Å². The van der Waals surface area contributed by atoms with Gasteiger partial charge in [0.1, 0.15) is 0 Å². The highest BCUT2D eigenvalue weighted by Gasteiger charge is 2.39. The lowest BCUT2D eigenvalue weighted by molar-refractivity contribution is -0.174. The van der Waals surface area contributed by atoms with E-state index in [0.29, 0.717) is 6.42 Å². The number of carbonyl (C=O) groups is 1. The molecule has 2 nitrogen and oxygen atoms in total. The van der Waals surface area contributed by atoms with E-state index in [0.717, 1.165) is 10.0 Å². The molecule has 1 aromatic rings. The summed E-state index contributed by atoms with van der Waals surface area (Å²) < 4.78 is 37.2. The Kier molecular flexibility index (Phi) is 5.01. The molecule has 0 saturated carbocycles. The standard InChI is InChI=1S/C13H15BrF3NO/c1-12(2,8-18-11(19)13(15,16)17)7-9-3-5-10(14)6-4-9/h3-6H,7-8H2,1-2H3,(H,18,19). The minimum absolute atomic E-state index is 0.0264. The average Bonchev–Trinajstić information content (AvgIpc) is 2.27. The van der Waals surface area contributed by atoms with Crippen molar-refractivity contribution in [3.05, 3.63) is 34.3 Å². The van der Waals surface area contributed by atoms with Crippen molar-refractivity contribution in [1.29, 1.82) is 0 Å². The molecule has 106 valence electrons. The fourth-order valence-electron chi connectivity index (χ4n) is 1.64. The summed E-state index contributed by atoms with van der Waals surface area (Å²) in [6.07, 6.45) is -4.24. The van der Waals surface area contributed by atoms with Crippen LogP contribution < -0.4 is 5.32 Å². The average molecular weight is 338 g/mol. The maximum Gasteiger partial charge on any atom is 0.471 e. The summed E-state index contributed by atoms with van der Waals surface area (Å²) in [5.74, 6) is -1.89. The third-order valence-electron chi connectivity index (χ3n) is 2.58. The van der Waals surface area contributed by atoms with Gasteiger partial charge in [-0.25, -0.2) is 0 Å². The van der Waals surface area contributed by atoms with Crippen molar-refractivity contribution in [3.8, 4) is 0 Å². The van der Waals surface area contributed by atoms with Gasteiger partial charge in [-0.15, -0.1) is 0 Å². The van der Waals surface area contributed by atoms with Crippen molar-refractivity contribution in [1.82, 2.24) is 5.32 Å². The van der Waals surface area contributed by atoms with Crippen LogP contribution in [0.15, 0.2) is 28.7 Å². The Hall–Kier alpha value is -1.04. The zero-order valence-electron chi connectivity index (χ0n) is 10.6. The second kappa shape index (κ2) is 5.94. The van der Waals surface area contributed by atoms with Gasteiger partial charge in [-0.3, -0.25) is 4.79 Å². The third-order valence-corrected chi connectivity index (χ3v) is 3.11. The molecule has 1 amide bonds. The molecule has 0 aromatic heterocycles. The highest BCUT2D eigenvalue weighted by Crippen LogP contribution is 2.23. The van der Waals surface area contributed by atoms with Gasteiger partial charge in [0.05, 0.1) is 0 Å². The van der Waals surface area contributed by atoms with Gasteiger partial charge < -0.3 is 5.32 Å². The Labute approximate surface area is 118 Å². The van der Waals surface area contributed by atoms with Crippen LogP contribution in [-0.4, -0.2) is 18.6 Å². The predicted octanol–water partition coefficient (Wildman–Crippen LogP) is 3.70. The SMILES string of the molecule is CC(C)(CNC(=O)C(F)(F)F)Cc1ccc(Br)cc1. The van der Waals surface area contributed by atoms with E-state index >= 15 is 0 Å². The second-order valence-corrected chi connectivity index (χ2v) is 6.06. The van der Waals surface area contributed by atoms with Crippen LogP contribution in [0.4, 0.5) is 13.2 Å². The van der Waals surface area contributed by atoms with Gasteiger partial charge in [-0.2, -0.15) is 13.2 Å². The molecule has 0 bridgehead atoms. The van der Waals surface area contributed by atoms with Crippen LogP contribution in [0.1, 0.15) is 19.4 Å². The molecule has 1 rings (SSSR count). The summed E-state index contributed by atoms with van der Waals surface area (Å²) in [7, 11) is 0. The lowest BCUT2D eigenvalue weighted by Gasteiger charge is -2.25. The Morgan fingerprint density at radius 3 is 2.21 bits per heavy atom. The summed E-state index contributed by atoms with van der Waals surface area (Å²) in [5, 5.41) is 1.92. The normalized spacial score (nSPS) is 12.3. The number of alkyl halides is 3. The molecular formula is C13H15BrF3NO. The fourth-order valence-corrected chi connectivity index (χ4v) is 1.90. The molecule has 0 heterocycles. The van der Waals surface area contributed by atoms with E-state index in [4.69, 9.17) is 0 Å². The number of hydrogen-bond acceptors (Lipinski definition) is 1. The molecule has 0 aliphatic heterocycles. The van der Waals surface area contributed by atoms with Crippen molar-refractivity contribution in [2.45, 2.75) is 26.4 Å². The maximum absolute atomic E-state index is 12.1. The molecule has 0 atom stereocenters. The molecule has 0 aliphatic rings. The van der Waals surface area contributed by atoms with Crippen molar-refractivity contribution >= 4 is 21.8 Å². The minimum atomic E-state index is -4.83. The number of hydrogen-bond donors (Lipinski definition) is 1. The van der Waals surface area contributed by atoms with Crippen molar-refractivity contribution < 1.29 is 18.0 Å². The second-order valence-electron chi connectivity index (χ2n) is 5.15. The molecule has 0 radical (unpaired) electrons. The Bertz CT molecular complexity index is 440. The highest BCUT2D eigenvalue weighted by atomic mass is 79.9. The van der Waals surface area contributed by atoms with E-state index in [1.807, 2.05) is 43.4 Å². The van der Waals surface area contributed by atoms with E-state index in [-0.39, 0.29) is 6.54 Å². The summed E-state index contributed by atoms with van der Waals surface area (Å²) in [4.78, 5) is 10.8. The Morgan fingerprint density at radius 1 is 1.21 bits per heavy atom. The number of rotatable bonds is 4. The first-order valence-electron chi connectivity index (χ1n) is 5.70. The van der Waals surface area contributed by atoms with Crippen molar-refractivity contribution in [3.63, 3.8) is 0 Å². The largest absolute Gasteiger partial charge is 0.471 e. The third kappa shape index (κ3) is 5.63. The zero-order chi connectivity index (χ0) is 14.7. The summed E-state index contributed by atoms with van der Waals surface area (Å²) in [6, 6.07) is 7.55. The molecule has 0 unspecified atom stereocenters. The lowest BCUT2D eigenvalue weighted by Crippen LogP contribution is -2.42. The first-order valence-corrected chi connectivity index (χ1v) is 6.49. The number of amides is 1. The van der Waals surface area contributed by atoms with Crippen molar-refractivity contribution in [2.75, 3.05) is 6.54 Å². The Balaban J connectivity index is 2.57. The zero-order valence-corrected chi connectivity index (χ0v) is 12.2. The Morgan fingerprint density at radius 2 is 1.74 bits per heavy atom. The predicted molar refractivity (Wildman–Crippen MR) is 70.7 cm³/mol. The number of halogens is 4. The van der Waals surface area contributed by atoms with E-state index in [1.165, 1.54) is 0 Å². The van der Waals surface area contributed by atoms with Gasteiger partial charge in [0.25, 0.3) is 0 Å². The van der Waals surface area contributed by atoms with Crippen LogP contribution in [0.3, 0.4) is 0 Å². The van der Waals surface area contributed by atoms with Gasteiger partial charge in [-0.1, -0.05) is 41.9 Å². The molecule has 0 saturated heterocycles. The van der Waals surface area contributed by atoms with E-state index in [2.05, 4.69) is 15.9 Å². The lowest BCUT2D eigenvalue weighted by atomic mass is 9.85. The molecule has 1 N–H and O–H groups in total. The van der Waals surface area contributed by atoms with Gasteiger partial charge in [0.15, 0.2) is 0 Å². The van der Waals surface area contributed by atoms with Crippen LogP contribution in [0.5, 0.6) is 0 Å². The van der Waals surface area contributed by atoms with Crippen LogP contribution >= 0.6 is 15.9 Å². The van der Waals surface area contributed by atoms with Crippen molar-refractivity contribution in [2.24, 2.45) is 5.41 Å². The topological polar surface area (TPSA) is 29.1 Å². The summed E-state index contributed by atoms with van der Waals surface area (Å²) in [5.41, 5.74) is 0.559. The van der Waals surface area contributed by atoms with E-state index < -0.39 is 17.5 Å². The van der Waals surface area contributed by atoms with Gasteiger partial charge >= 0.3 is 12.1 Å². The van der Waals surface area contributed by atoms with Gasteiger partial charge in [0, 0.05) is 11.0 Å². The molecule has 6 heteroatoms. The molecule has 1 aromatic carbocycles. The quantitative estimate of drug-likeness (QED) is 0.891. The van der Waals surface area contributed by atoms with E-state index in [9.17, 15) is 18.0 Å². The van der Waals surface area contributed by atoms with Crippen LogP contribution in [0.25, 0.3) is 0 Å². The summed E-state index contributed by atoms with van der Waals surface area (Å²) in [6.45, 7) is 3.60. The molecule has 0 spiro atoms. The molecular weight excluding hydrogens is 323 g/mol. The van der Waals surface area contributed by atoms with Crippen LogP contribution in [0.2, 0.25) is 0 Å². The van der Waals surface area contributed by atoms with Crippen LogP contribution in [0, 0.1) is 5.41 Å². The maximum atomic E-state index is 12.1. The summed E-state index contributed by atoms with van der Waals surface area (Å²) >= 11 is 3.31. The number of benzene rings is 1. The first kappa shape index (κ1) is 16.0. The molecule has 0 aliphatic carbocycles. The van der Waals surface area contributed by atoms with Gasteiger partial charge in [-0.05, 0) is 29.5 Å². The first-order chi connectivity index (χ1) is 8.60. The highest BCUT2D eigenvalue weighted by molar-refractivity contribution is 9.10. The number of carbonyl (C=O) groups excluding carboxylic acids is 1. The minimum Gasteiger partial charge on any atom is -0.348 e. The van der Waals surface area contributed by atoms with E-state index in [1.54, 1.807) is 0 Å². The van der Waals surface area contributed by atoms with Crippen LogP contribution in [-0.2, 0) is 11.2 Å². The fraction of sp³-hybridized carbons (Fsp3) is 0.462. The molecule has 19 heavy (non-hydrogen) atoms. The molecule has 0 fully saturated rings. The number of nitrogens with one attached hydrogen (secondary N) is 1. The monoisotopic (exact) mass is 337 g/mol. The smallest absolute Gasteiger partial charge is 0.348 e.